The first-order valence-electron chi connectivity index (χ1n) is 7.83. The number of hydrogen-bond acceptors (Lipinski definition) is 4. The van der Waals surface area contributed by atoms with Crippen LogP contribution in [0.1, 0.15) is 75.4 Å². The average Bonchev–Trinajstić information content (AvgIpc) is 3.10. The van der Waals surface area contributed by atoms with Gasteiger partial charge in [-0.05, 0) is 32.7 Å². The van der Waals surface area contributed by atoms with E-state index in [1.807, 2.05) is 0 Å². The lowest BCUT2D eigenvalue weighted by Crippen LogP contribution is -2.46. The molecule has 0 amide bonds. The zero-order valence-electron chi connectivity index (χ0n) is 12.0. The van der Waals surface area contributed by atoms with Gasteiger partial charge in [0.15, 0.2) is 5.82 Å². The van der Waals surface area contributed by atoms with Crippen LogP contribution in [0.5, 0.6) is 0 Å². The van der Waals surface area contributed by atoms with Gasteiger partial charge in [-0.3, -0.25) is 0 Å². The Bertz CT molecular complexity index is 403. The standard InChI is InChI=1S/C15H25N3O/c1-16-15(9-5-2-6-10-15)11-13-17-14(18-19-13)12-7-3-4-8-12/h12,16H,2-11H2,1H3. The van der Waals surface area contributed by atoms with Crippen LogP contribution in [0.4, 0.5) is 0 Å². The molecule has 2 aliphatic rings. The smallest absolute Gasteiger partial charge is 0.228 e. The SMILES string of the molecule is CNC1(Cc2nc(C3CCCC3)no2)CCCCC1. The van der Waals surface area contributed by atoms with Crippen LogP contribution >= 0.6 is 0 Å². The quantitative estimate of drug-likeness (QED) is 0.906. The second-order valence-electron chi connectivity index (χ2n) is 6.30. The zero-order valence-corrected chi connectivity index (χ0v) is 12.0. The molecule has 0 saturated heterocycles. The number of nitrogens with one attached hydrogen (secondary N) is 1. The fourth-order valence-electron chi connectivity index (χ4n) is 3.72. The summed E-state index contributed by atoms with van der Waals surface area (Å²) in [7, 11) is 2.07. The summed E-state index contributed by atoms with van der Waals surface area (Å²) in [5.41, 5.74) is 0.192. The highest BCUT2D eigenvalue weighted by Crippen LogP contribution is 2.34. The van der Waals surface area contributed by atoms with Gasteiger partial charge in [-0.15, -0.1) is 0 Å². The topological polar surface area (TPSA) is 51.0 Å². The van der Waals surface area contributed by atoms with Gasteiger partial charge in [-0.2, -0.15) is 4.98 Å². The lowest BCUT2D eigenvalue weighted by Gasteiger charge is -2.36. The first kappa shape index (κ1) is 13.1. The molecule has 1 N–H and O–H groups in total. The van der Waals surface area contributed by atoms with Crippen LogP contribution in [0.15, 0.2) is 4.52 Å². The van der Waals surface area contributed by atoms with Crippen molar-refractivity contribution in [2.45, 2.75) is 75.7 Å². The Balaban J connectivity index is 1.68. The van der Waals surface area contributed by atoms with Gasteiger partial charge in [-0.1, -0.05) is 37.3 Å². The van der Waals surface area contributed by atoms with Crippen molar-refractivity contribution in [3.63, 3.8) is 0 Å². The van der Waals surface area contributed by atoms with Crippen molar-refractivity contribution in [2.24, 2.45) is 0 Å². The highest BCUT2D eigenvalue weighted by molar-refractivity contribution is 5.02. The Hall–Kier alpha value is -0.900. The number of hydrogen-bond donors (Lipinski definition) is 1. The molecule has 0 atom stereocenters. The maximum Gasteiger partial charge on any atom is 0.228 e. The van der Waals surface area contributed by atoms with Crippen LogP contribution in [0.3, 0.4) is 0 Å². The van der Waals surface area contributed by atoms with Crippen molar-refractivity contribution in [1.82, 2.24) is 15.5 Å². The van der Waals surface area contributed by atoms with Gasteiger partial charge in [0.1, 0.15) is 0 Å². The number of likely N-dealkylation sites (N-methyl/N-ethyl adjacent to an activating group) is 1. The number of nitrogens with zero attached hydrogens (tertiary/aromatic N) is 2. The summed E-state index contributed by atoms with van der Waals surface area (Å²) in [6.07, 6.45) is 12.4. The summed E-state index contributed by atoms with van der Waals surface area (Å²) in [6, 6.07) is 0. The first-order valence-corrected chi connectivity index (χ1v) is 7.83. The van der Waals surface area contributed by atoms with E-state index in [0.29, 0.717) is 5.92 Å². The average molecular weight is 263 g/mol. The summed E-state index contributed by atoms with van der Waals surface area (Å²) in [6.45, 7) is 0. The predicted octanol–water partition coefficient (Wildman–Crippen LogP) is 3.19. The molecule has 2 saturated carbocycles. The van der Waals surface area contributed by atoms with E-state index >= 15 is 0 Å². The van der Waals surface area contributed by atoms with Gasteiger partial charge in [0, 0.05) is 17.9 Å². The van der Waals surface area contributed by atoms with Gasteiger partial charge < -0.3 is 9.84 Å². The third-order valence-corrected chi connectivity index (χ3v) is 5.03. The molecule has 19 heavy (non-hydrogen) atoms. The Kier molecular flexibility index (Phi) is 3.87. The van der Waals surface area contributed by atoms with Gasteiger partial charge in [0.05, 0.1) is 0 Å². The van der Waals surface area contributed by atoms with E-state index in [9.17, 15) is 0 Å². The molecule has 0 spiro atoms. The van der Waals surface area contributed by atoms with Crippen LogP contribution in [0.2, 0.25) is 0 Å². The van der Waals surface area contributed by atoms with Gasteiger partial charge in [-0.25, -0.2) is 0 Å². The zero-order chi connectivity index (χ0) is 13.1. The minimum atomic E-state index is 0.192. The van der Waals surface area contributed by atoms with E-state index in [1.54, 1.807) is 0 Å². The molecule has 4 heteroatoms. The van der Waals surface area contributed by atoms with Crippen molar-refractivity contribution in [3.05, 3.63) is 11.7 Å². The minimum absolute atomic E-state index is 0.192. The summed E-state index contributed by atoms with van der Waals surface area (Å²) < 4.78 is 5.51. The van der Waals surface area contributed by atoms with Crippen molar-refractivity contribution in [1.29, 1.82) is 0 Å². The van der Waals surface area contributed by atoms with E-state index in [4.69, 9.17) is 4.52 Å². The molecule has 2 fully saturated rings. The molecule has 4 nitrogen and oxygen atoms in total. The molecule has 2 aliphatic carbocycles. The Labute approximate surface area is 115 Å². The highest BCUT2D eigenvalue weighted by atomic mass is 16.5. The molecule has 0 unspecified atom stereocenters. The third-order valence-electron chi connectivity index (χ3n) is 5.03. The normalized spacial score (nSPS) is 23.8. The van der Waals surface area contributed by atoms with Gasteiger partial charge >= 0.3 is 0 Å². The fourth-order valence-corrected chi connectivity index (χ4v) is 3.72. The lowest BCUT2D eigenvalue weighted by molar-refractivity contribution is 0.221. The van der Waals surface area contributed by atoms with Crippen LogP contribution in [0.25, 0.3) is 0 Å². The van der Waals surface area contributed by atoms with Crippen LogP contribution in [-0.4, -0.2) is 22.7 Å². The minimum Gasteiger partial charge on any atom is -0.339 e. The van der Waals surface area contributed by atoms with Crippen molar-refractivity contribution >= 4 is 0 Å². The number of rotatable bonds is 4. The molecule has 1 aromatic heterocycles. The molecule has 0 radical (unpaired) electrons. The second kappa shape index (κ2) is 5.61. The first-order chi connectivity index (χ1) is 9.31. The summed E-state index contributed by atoms with van der Waals surface area (Å²) in [4.78, 5) is 4.66. The highest BCUT2D eigenvalue weighted by Gasteiger charge is 2.33. The Morgan fingerprint density at radius 1 is 1.16 bits per heavy atom. The molecule has 0 aliphatic heterocycles. The van der Waals surface area contributed by atoms with Gasteiger partial charge in [0.25, 0.3) is 0 Å². The Morgan fingerprint density at radius 2 is 1.89 bits per heavy atom. The summed E-state index contributed by atoms with van der Waals surface area (Å²) >= 11 is 0. The molecule has 0 aromatic carbocycles. The predicted molar refractivity (Wildman–Crippen MR) is 74.1 cm³/mol. The third kappa shape index (κ3) is 2.83. The van der Waals surface area contributed by atoms with Crippen molar-refractivity contribution < 1.29 is 4.52 Å². The molecule has 1 heterocycles. The maximum atomic E-state index is 5.51. The van der Waals surface area contributed by atoms with E-state index < -0.39 is 0 Å². The molecule has 0 bridgehead atoms. The molecule has 3 rings (SSSR count). The fraction of sp³-hybridized carbons (Fsp3) is 0.867. The lowest BCUT2D eigenvalue weighted by atomic mass is 9.79. The van der Waals surface area contributed by atoms with Crippen molar-refractivity contribution in [2.75, 3.05) is 7.05 Å². The number of aromatic nitrogens is 2. The van der Waals surface area contributed by atoms with E-state index in [-0.39, 0.29) is 5.54 Å². The van der Waals surface area contributed by atoms with Crippen LogP contribution < -0.4 is 5.32 Å². The van der Waals surface area contributed by atoms with Crippen molar-refractivity contribution in [3.8, 4) is 0 Å². The van der Waals surface area contributed by atoms with Gasteiger partial charge in [0.2, 0.25) is 5.89 Å². The van der Waals surface area contributed by atoms with E-state index in [1.165, 1.54) is 57.8 Å². The maximum absolute atomic E-state index is 5.51. The molecule has 1 aromatic rings. The summed E-state index contributed by atoms with van der Waals surface area (Å²) in [5.74, 6) is 2.34. The van der Waals surface area contributed by atoms with Crippen LogP contribution in [0, 0.1) is 0 Å². The van der Waals surface area contributed by atoms with Crippen LogP contribution in [-0.2, 0) is 6.42 Å². The monoisotopic (exact) mass is 263 g/mol. The molecule has 106 valence electrons. The Morgan fingerprint density at radius 3 is 2.58 bits per heavy atom. The summed E-state index contributed by atoms with van der Waals surface area (Å²) in [5, 5.41) is 7.73. The van der Waals surface area contributed by atoms with E-state index in [0.717, 1.165) is 18.1 Å². The second-order valence-corrected chi connectivity index (χ2v) is 6.30. The van der Waals surface area contributed by atoms with E-state index in [2.05, 4.69) is 22.5 Å². The molecular formula is C15H25N3O. The largest absolute Gasteiger partial charge is 0.339 e. The molecular weight excluding hydrogens is 238 g/mol.